The van der Waals surface area contributed by atoms with Crippen LogP contribution in [0.15, 0.2) is 10.6 Å². The van der Waals surface area contributed by atoms with Crippen molar-refractivity contribution in [2.24, 2.45) is 5.92 Å². The minimum atomic E-state index is -0.233. The third-order valence-electron chi connectivity index (χ3n) is 5.17. The van der Waals surface area contributed by atoms with Crippen molar-refractivity contribution in [1.82, 2.24) is 15.0 Å². The fraction of sp³-hybridized carbons (Fsp3) is 0.750. The van der Waals surface area contributed by atoms with Crippen LogP contribution in [-0.4, -0.2) is 59.5 Å². The Balaban J connectivity index is 1.97. The van der Waals surface area contributed by atoms with Crippen LogP contribution in [0.1, 0.15) is 58.1 Å². The van der Waals surface area contributed by atoms with Gasteiger partial charge in [0.2, 0.25) is 11.8 Å². The standard InChI is InChI=1S/C20H34N4O3/c1-4-6-9-17(5-2)20(26)24(13-12-23-10-7-8-11-23)15-19(25)21-18-14-16(3)27-22-18/h14,17H,4-13,15H2,1-3H3,(H,21,22,25)/t17-/m0/s1. The Morgan fingerprint density at radius 1 is 1.33 bits per heavy atom. The number of aromatic nitrogens is 1. The molecule has 1 atom stereocenters. The second-order valence-corrected chi connectivity index (χ2v) is 7.43. The second kappa shape index (κ2) is 11.1. The van der Waals surface area contributed by atoms with Gasteiger partial charge in [0, 0.05) is 25.1 Å². The Labute approximate surface area is 162 Å². The molecule has 0 unspecified atom stereocenters. The molecule has 0 radical (unpaired) electrons. The lowest BCUT2D eigenvalue weighted by Gasteiger charge is -2.28. The van der Waals surface area contributed by atoms with Gasteiger partial charge in [-0.25, -0.2) is 0 Å². The van der Waals surface area contributed by atoms with Crippen LogP contribution in [0, 0.1) is 12.8 Å². The maximum Gasteiger partial charge on any atom is 0.245 e. The second-order valence-electron chi connectivity index (χ2n) is 7.43. The predicted octanol–water partition coefficient (Wildman–Crippen LogP) is 3.06. The van der Waals surface area contributed by atoms with E-state index in [1.54, 1.807) is 17.9 Å². The fourth-order valence-corrected chi connectivity index (χ4v) is 3.53. The topological polar surface area (TPSA) is 78.7 Å². The van der Waals surface area contributed by atoms with E-state index in [1.807, 2.05) is 0 Å². The van der Waals surface area contributed by atoms with Gasteiger partial charge in [-0.15, -0.1) is 0 Å². The first-order chi connectivity index (χ1) is 13.0. The van der Waals surface area contributed by atoms with Gasteiger partial charge >= 0.3 is 0 Å². The molecule has 152 valence electrons. The highest BCUT2D eigenvalue weighted by atomic mass is 16.5. The highest BCUT2D eigenvalue weighted by Gasteiger charge is 2.25. The quantitative estimate of drug-likeness (QED) is 0.640. The smallest absolute Gasteiger partial charge is 0.245 e. The van der Waals surface area contributed by atoms with Crippen molar-refractivity contribution in [3.05, 3.63) is 11.8 Å². The molecule has 7 nitrogen and oxygen atoms in total. The first-order valence-electron chi connectivity index (χ1n) is 10.3. The molecule has 1 saturated heterocycles. The highest BCUT2D eigenvalue weighted by molar-refractivity contribution is 5.94. The summed E-state index contributed by atoms with van der Waals surface area (Å²) >= 11 is 0. The summed E-state index contributed by atoms with van der Waals surface area (Å²) < 4.78 is 4.98. The van der Waals surface area contributed by atoms with E-state index in [9.17, 15) is 9.59 Å². The van der Waals surface area contributed by atoms with Gasteiger partial charge in [0.15, 0.2) is 5.82 Å². The number of carbonyl (C=O) groups excluding carboxylic acids is 2. The summed E-state index contributed by atoms with van der Waals surface area (Å²) in [5.74, 6) is 0.881. The van der Waals surface area contributed by atoms with Crippen molar-refractivity contribution in [3.63, 3.8) is 0 Å². The molecule has 2 heterocycles. The molecule has 2 amide bonds. The van der Waals surface area contributed by atoms with E-state index in [0.29, 0.717) is 18.1 Å². The van der Waals surface area contributed by atoms with Gasteiger partial charge < -0.3 is 19.6 Å². The van der Waals surface area contributed by atoms with Crippen molar-refractivity contribution in [2.75, 3.05) is 38.0 Å². The summed E-state index contributed by atoms with van der Waals surface area (Å²) in [5.41, 5.74) is 0. The van der Waals surface area contributed by atoms with Gasteiger partial charge in [0.05, 0.1) is 6.54 Å². The number of nitrogens with zero attached hydrogens (tertiary/aromatic N) is 3. The van der Waals surface area contributed by atoms with Gasteiger partial charge in [-0.05, 0) is 45.7 Å². The number of hydrogen-bond acceptors (Lipinski definition) is 5. The van der Waals surface area contributed by atoms with E-state index in [1.165, 1.54) is 12.8 Å². The third-order valence-corrected chi connectivity index (χ3v) is 5.17. The van der Waals surface area contributed by atoms with Gasteiger partial charge in [-0.1, -0.05) is 31.8 Å². The van der Waals surface area contributed by atoms with Crippen LogP contribution in [0.25, 0.3) is 0 Å². The van der Waals surface area contributed by atoms with E-state index in [0.717, 1.165) is 45.3 Å². The van der Waals surface area contributed by atoms with Gasteiger partial charge in [-0.3, -0.25) is 9.59 Å². The summed E-state index contributed by atoms with van der Waals surface area (Å²) in [4.78, 5) is 29.6. The molecule has 1 aliphatic rings. The summed E-state index contributed by atoms with van der Waals surface area (Å²) in [7, 11) is 0. The monoisotopic (exact) mass is 378 g/mol. The van der Waals surface area contributed by atoms with Crippen LogP contribution in [0.3, 0.4) is 0 Å². The van der Waals surface area contributed by atoms with Crippen molar-refractivity contribution in [2.45, 2.75) is 59.3 Å². The molecule has 0 spiro atoms. The average molecular weight is 379 g/mol. The number of rotatable bonds is 11. The first-order valence-corrected chi connectivity index (χ1v) is 10.3. The number of unbranched alkanes of at least 4 members (excludes halogenated alkanes) is 1. The number of hydrogen-bond donors (Lipinski definition) is 1. The van der Waals surface area contributed by atoms with E-state index >= 15 is 0 Å². The minimum absolute atomic E-state index is 0.00868. The van der Waals surface area contributed by atoms with E-state index in [2.05, 4.69) is 29.2 Å². The van der Waals surface area contributed by atoms with Crippen molar-refractivity contribution in [1.29, 1.82) is 0 Å². The molecule has 1 N–H and O–H groups in total. The molecule has 0 aromatic carbocycles. The maximum atomic E-state index is 13.1. The van der Waals surface area contributed by atoms with Crippen LogP contribution >= 0.6 is 0 Å². The molecular weight excluding hydrogens is 344 g/mol. The van der Waals surface area contributed by atoms with Crippen LogP contribution in [0.2, 0.25) is 0 Å². The normalized spacial score (nSPS) is 15.7. The molecule has 1 aromatic rings. The Morgan fingerprint density at radius 3 is 2.67 bits per heavy atom. The van der Waals surface area contributed by atoms with Crippen LogP contribution in [0.5, 0.6) is 0 Å². The van der Waals surface area contributed by atoms with Crippen molar-refractivity contribution >= 4 is 17.6 Å². The number of anilines is 1. The van der Waals surface area contributed by atoms with E-state index in [4.69, 9.17) is 4.52 Å². The van der Waals surface area contributed by atoms with Crippen LogP contribution in [0.4, 0.5) is 5.82 Å². The molecule has 2 rings (SSSR count). The van der Waals surface area contributed by atoms with Crippen LogP contribution in [-0.2, 0) is 9.59 Å². The zero-order valence-corrected chi connectivity index (χ0v) is 17.0. The SMILES string of the molecule is CCCC[C@H](CC)C(=O)N(CCN1CCCC1)CC(=O)Nc1cc(C)on1. The summed E-state index contributed by atoms with van der Waals surface area (Å²) in [6.45, 7) is 9.60. The molecule has 0 saturated carbocycles. The lowest BCUT2D eigenvalue weighted by Crippen LogP contribution is -2.44. The molecule has 0 aliphatic carbocycles. The Hall–Kier alpha value is -1.89. The highest BCUT2D eigenvalue weighted by Crippen LogP contribution is 2.17. The molecular formula is C20H34N4O3. The predicted molar refractivity (Wildman–Crippen MR) is 105 cm³/mol. The maximum absolute atomic E-state index is 13.1. The van der Waals surface area contributed by atoms with E-state index < -0.39 is 0 Å². The molecule has 1 fully saturated rings. The molecule has 1 aromatic heterocycles. The summed E-state index contributed by atoms with van der Waals surface area (Å²) in [6, 6.07) is 1.67. The number of likely N-dealkylation sites (tertiary alicyclic amines) is 1. The average Bonchev–Trinajstić information content (AvgIpc) is 3.30. The van der Waals surface area contributed by atoms with Gasteiger partial charge in [0.25, 0.3) is 0 Å². The Kier molecular flexibility index (Phi) is 8.78. The van der Waals surface area contributed by atoms with Gasteiger partial charge in [0.1, 0.15) is 5.76 Å². The Morgan fingerprint density at radius 2 is 2.07 bits per heavy atom. The van der Waals surface area contributed by atoms with Gasteiger partial charge in [-0.2, -0.15) is 0 Å². The number of aryl methyl sites for hydroxylation is 1. The third kappa shape index (κ3) is 6.97. The Bertz CT molecular complexity index is 596. The van der Waals surface area contributed by atoms with Crippen molar-refractivity contribution < 1.29 is 14.1 Å². The number of nitrogens with one attached hydrogen (secondary N) is 1. The molecule has 0 bridgehead atoms. The first kappa shape index (κ1) is 21.4. The van der Waals surface area contributed by atoms with E-state index in [-0.39, 0.29) is 24.3 Å². The van der Waals surface area contributed by atoms with Crippen molar-refractivity contribution in [3.8, 4) is 0 Å². The number of amides is 2. The number of carbonyl (C=O) groups is 2. The zero-order chi connectivity index (χ0) is 19.6. The summed E-state index contributed by atoms with van der Waals surface area (Å²) in [5, 5.41) is 6.51. The zero-order valence-electron chi connectivity index (χ0n) is 17.0. The molecule has 1 aliphatic heterocycles. The lowest BCUT2D eigenvalue weighted by molar-refractivity contribution is -0.139. The minimum Gasteiger partial charge on any atom is -0.360 e. The lowest BCUT2D eigenvalue weighted by atomic mass is 9.97. The summed E-state index contributed by atoms with van der Waals surface area (Å²) in [6.07, 6.45) is 6.24. The fourth-order valence-electron chi connectivity index (χ4n) is 3.53. The molecule has 27 heavy (non-hydrogen) atoms. The largest absolute Gasteiger partial charge is 0.360 e. The van der Waals surface area contributed by atoms with Crippen LogP contribution < -0.4 is 5.32 Å². The molecule has 7 heteroatoms.